The lowest BCUT2D eigenvalue weighted by Gasteiger charge is -2.35. The normalized spacial score (nSPS) is 17.5. The summed E-state index contributed by atoms with van der Waals surface area (Å²) in [5, 5.41) is 2.86. The third-order valence-electron chi connectivity index (χ3n) is 4.26. The van der Waals surface area contributed by atoms with Crippen LogP contribution in [0.4, 0.5) is 0 Å². The zero-order chi connectivity index (χ0) is 15.8. The molecule has 0 heterocycles. The lowest BCUT2D eigenvalue weighted by molar-refractivity contribution is -0.123. The van der Waals surface area contributed by atoms with Crippen molar-refractivity contribution in [3.05, 3.63) is 0 Å². The number of carbonyl (C=O) groups excluding carboxylic acids is 1. The average Bonchev–Trinajstić information content (AvgIpc) is 2.47. The Morgan fingerprint density at radius 3 is 2.36 bits per heavy atom. The molecular formula is C14H30ClN3O3S. The summed E-state index contributed by atoms with van der Waals surface area (Å²) in [6, 6.07) is 0. The number of nitrogens with two attached hydrogens (primary N) is 1. The number of halogens is 1. The highest BCUT2D eigenvalue weighted by molar-refractivity contribution is 7.89. The van der Waals surface area contributed by atoms with Crippen LogP contribution < -0.4 is 15.8 Å². The van der Waals surface area contributed by atoms with E-state index in [1.54, 1.807) is 6.92 Å². The second-order valence-corrected chi connectivity index (χ2v) is 8.04. The monoisotopic (exact) mass is 355 g/mol. The van der Waals surface area contributed by atoms with E-state index in [-0.39, 0.29) is 29.5 Å². The van der Waals surface area contributed by atoms with Crippen LogP contribution >= 0.6 is 12.4 Å². The van der Waals surface area contributed by atoms with Gasteiger partial charge in [-0.25, -0.2) is 13.1 Å². The third kappa shape index (κ3) is 7.76. The maximum atomic E-state index is 12.0. The number of carbonyl (C=O) groups is 1. The first-order valence-electron chi connectivity index (χ1n) is 7.87. The van der Waals surface area contributed by atoms with E-state index in [9.17, 15) is 13.2 Å². The zero-order valence-corrected chi connectivity index (χ0v) is 15.0. The Balaban J connectivity index is 0.00000441. The lowest BCUT2D eigenvalue weighted by atomic mass is 9.71. The molecule has 8 heteroatoms. The maximum Gasteiger partial charge on any atom is 0.220 e. The van der Waals surface area contributed by atoms with Crippen LogP contribution in [0, 0.1) is 5.41 Å². The summed E-state index contributed by atoms with van der Waals surface area (Å²) in [6.07, 6.45) is 6.71. The van der Waals surface area contributed by atoms with Gasteiger partial charge in [-0.2, -0.15) is 0 Å². The van der Waals surface area contributed by atoms with Crippen molar-refractivity contribution in [2.24, 2.45) is 11.1 Å². The smallest absolute Gasteiger partial charge is 0.220 e. The molecule has 0 radical (unpaired) electrons. The predicted octanol–water partition coefficient (Wildman–Crippen LogP) is 1.15. The first-order chi connectivity index (χ1) is 9.93. The third-order valence-corrected chi connectivity index (χ3v) is 5.66. The molecule has 0 aromatic heterocycles. The van der Waals surface area contributed by atoms with Crippen molar-refractivity contribution in [1.82, 2.24) is 10.0 Å². The quantitative estimate of drug-likeness (QED) is 0.540. The molecule has 1 amide bonds. The second-order valence-electron chi connectivity index (χ2n) is 5.94. The number of rotatable bonds is 9. The highest BCUT2D eigenvalue weighted by Gasteiger charge is 2.32. The minimum atomic E-state index is -3.14. The van der Waals surface area contributed by atoms with Gasteiger partial charge in [-0.15, -0.1) is 12.4 Å². The Labute approximate surface area is 140 Å². The van der Waals surface area contributed by atoms with Crippen molar-refractivity contribution < 1.29 is 13.2 Å². The molecule has 1 aliphatic rings. The van der Waals surface area contributed by atoms with Gasteiger partial charge < -0.3 is 11.1 Å². The number of nitrogens with one attached hydrogen (secondary N) is 2. The summed E-state index contributed by atoms with van der Waals surface area (Å²) in [5.74, 6) is 0.110. The summed E-state index contributed by atoms with van der Waals surface area (Å²) in [4.78, 5) is 12.0. The van der Waals surface area contributed by atoms with Crippen molar-refractivity contribution in [3.63, 3.8) is 0 Å². The number of sulfonamides is 1. The Bertz CT molecular complexity index is 423. The zero-order valence-electron chi connectivity index (χ0n) is 13.4. The Morgan fingerprint density at radius 1 is 1.18 bits per heavy atom. The molecule has 0 bridgehead atoms. The summed E-state index contributed by atoms with van der Waals surface area (Å²) < 4.78 is 24.9. The first kappa shape index (κ1) is 21.6. The molecule has 1 saturated carbocycles. The van der Waals surface area contributed by atoms with Gasteiger partial charge in [0.2, 0.25) is 15.9 Å². The molecule has 22 heavy (non-hydrogen) atoms. The first-order valence-corrected chi connectivity index (χ1v) is 9.52. The summed E-state index contributed by atoms with van der Waals surface area (Å²) in [7, 11) is -3.14. The van der Waals surface area contributed by atoms with Crippen molar-refractivity contribution in [2.45, 2.75) is 51.9 Å². The maximum absolute atomic E-state index is 12.0. The van der Waals surface area contributed by atoms with E-state index in [4.69, 9.17) is 5.73 Å². The van der Waals surface area contributed by atoms with Crippen LogP contribution in [0.1, 0.15) is 51.9 Å². The van der Waals surface area contributed by atoms with E-state index in [0.29, 0.717) is 32.5 Å². The topological polar surface area (TPSA) is 101 Å². The molecule has 0 atom stereocenters. The van der Waals surface area contributed by atoms with E-state index in [2.05, 4.69) is 10.0 Å². The number of amides is 1. The van der Waals surface area contributed by atoms with Crippen molar-refractivity contribution in [1.29, 1.82) is 0 Å². The van der Waals surface area contributed by atoms with E-state index in [1.165, 1.54) is 6.42 Å². The molecule has 0 unspecified atom stereocenters. The minimum Gasteiger partial charge on any atom is -0.356 e. The van der Waals surface area contributed by atoms with Gasteiger partial charge in [0.1, 0.15) is 0 Å². The van der Waals surface area contributed by atoms with Crippen LogP contribution in [-0.4, -0.2) is 39.7 Å². The van der Waals surface area contributed by atoms with Gasteiger partial charge in [-0.05, 0) is 38.1 Å². The Morgan fingerprint density at radius 2 is 1.82 bits per heavy atom. The summed E-state index contributed by atoms with van der Waals surface area (Å²) >= 11 is 0. The number of hydrogen-bond donors (Lipinski definition) is 3. The van der Waals surface area contributed by atoms with E-state index >= 15 is 0 Å². The summed E-state index contributed by atoms with van der Waals surface area (Å²) in [5.41, 5.74) is 5.85. The van der Waals surface area contributed by atoms with Crippen molar-refractivity contribution in [3.8, 4) is 0 Å². The standard InChI is InChI=1S/C14H29N3O3S.ClH/c1-2-21(19,20)17-10-6-9-16-13(18)11-14(12-15)7-4-3-5-8-14;/h17H,2-12,15H2,1H3,(H,16,18);1H. The van der Waals surface area contributed by atoms with E-state index in [1.807, 2.05) is 0 Å². The van der Waals surface area contributed by atoms with Crippen molar-refractivity contribution >= 4 is 28.3 Å². The molecule has 0 aliphatic heterocycles. The van der Waals surface area contributed by atoms with Gasteiger partial charge in [-0.3, -0.25) is 4.79 Å². The molecule has 6 nitrogen and oxygen atoms in total. The van der Waals surface area contributed by atoms with E-state index < -0.39 is 10.0 Å². The van der Waals surface area contributed by atoms with Crippen LogP contribution in [0.5, 0.6) is 0 Å². The van der Waals surface area contributed by atoms with Gasteiger partial charge in [0.25, 0.3) is 0 Å². The van der Waals surface area contributed by atoms with Gasteiger partial charge in [0.15, 0.2) is 0 Å². The molecule has 132 valence electrons. The molecule has 4 N–H and O–H groups in total. The molecule has 1 rings (SSSR count). The lowest BCUT2D eigenvalue weighted by Crippen LogP contribution is -2.39. The SMILES string of the molecule is CCS(=O)(=O)NCCCNC(=O)CC1(CN)CCCCC1.Cl. The van der Waals surface area contributed by atoms with Gasteiger partial charge in [0, 0.05) is 19.5 Å². The fourth-order valence-corrected chi connectivity index (χ4v) is 3.46. The van der Waals surface area contributed by atoms with Crippen LogP contribution in [-0.2, 0) is 14.8 Å². The molecular weight excluding hydrogens is 326 g/mol. The molecule has 1 fully saturated rings. The van der Waals surface area contributed by atoms with Crippen molar-refractivity contribution in [2.75, 3.05) is 25.4 Å². The summed E-state index contributed by atoms with van der Waals surface area (Å²) in [6.45, 7) is 3.02. The fourth-order valence-electron chi connectivity index (χ4n) is 2.80. The Kier molecular flexibility index (Phi) is 10.2. The van der Waals surface area contributed by atoms with Gasteiger partial charge in [0.05, 0.1) is 5.75 Å². The van der Waals surface area contributed by atoms with Gasteiger partial charge >= 0.3 is 0 Å². The second kappa shape index (κ2) is 10.4. The average molecular weight is 356 g/mol. The molecule has 0 aromatic carbocycles. The predicted molar refractivity (Wildman–Crippen MR) is 91.5 cm³/mol. The fraction of sp³-hybridized carbons (Fsp3) is 0.929. The largest absolute Gasteiger partial charge is 0.356 e. The van der Waals surface area contributed by atoms with E-state index in [0.717, 1.165) is 25.7 Å². The van der Waals surface area contributed by atoms with Gasteiger partial charge in [-0.1, -0.05) is 19.3 Å². The highest BCUT2D eigenvalue weighted by Crippen LogP contribution is 2.38. The Hall–Kier alpha value is -0.370. The van der Waals surface area contributed by atoms with Crippen LogP contribution in [0.25, 0.3) is 0 Å². The highest BCUT2D eigenvalue weighted by atomic mass is 35.5. The molecule has 1 aliphatic carbocycles. The molecule has 0 spiro atoms. The molecule has 0 saturated heterocycles. The molecule has 0 aromatic rings. The van der Waals surface area contributed by atoms with Crippen LogP contribution in [0.2, 0.25) is 0 Å². The van der Waals surface area contributed by atoms with Crippen LogP contribution in [0.3, 0.4) is 0 Å². The number of hydrogen-bond acceptors (Lipinski definition) is 4. The van der Waals surface area contributed by atoms with Crippen LogP contribution in [0.15, 0.2) is 0 Å². The minimum absolute atomic E-state index is 0.